The molecule has 2 amide bonds. The third kappa shape index (κ3) is 4.79. The molecule has 0 aliphatic carbocycles. The van der Waals surface area contributed by atoms with Crippen molar-refractivity contribution in [1.82, 2.24) is 10.2 Å². The van der Waals surface area contributed by atoms with E-state index in [1.54, 1.807) is 19.9 Å². The number of hydrogen-bond donors (Lipinski definition) is 2. The first-order valence-corrected chi connectivity index (χ1v) is 10.1. The van der Waals surface area contributed by atoms with Crippen molar-refractivity contribution in [1.29, 1.82) is 0 Å². The van der Waals surface area contributed by atoms with Gasteiger partial charge in [0.25, 0.3) is 5.91 Å². The minimum Gasteiger partial charge on any atom is -0.337 e. The maximum atomic E-state index is 12.8. The number of carbonyl (C=O) groups excluding carboxylic acids is 2. The van der Waals surface area contributed by atoms with Crippen molar-refractivity contribution in [2.45, 2.75) is 32.2 Å². The Morgan fingerprint density at radius 2 is 1.81 bits per heavy atom. The van der Waals surface area contributed by atoms with Gasteiger partial charge in [0.2, 0.25) is 5.91 Å². The molecule has 0 bridgehead atoms. The molecule has 0 spiro atoms. The molecule has 0 unspecified atom stereocenters. The summed E-state index contributed by atoms with van der Waals surface area (Å²) in [5.74, 6) is -0.451. The quantitative estimate of drug-likeness (QED) is 0.780. The van der Waals surface area contributed by atoms with Gasteiger partial charge in [0.15, 0.2) is 7.85 Å². The summed E-state index contributed by atoms with van der Waals surface area (Å²) in [6, 6.07) is 9.80. The van der Waals surface area contributed by atoms with Crippen LogP contribution >= 0.6 is 11.3 Å². The van der Waals surface area contributed by atoms with E-state index in [1.807, 2.05) is 20.0 Å². The second kappa shape index (κ2) is 7.86. The van der Waals surface area contributed by atoms with Crippen LogP contribution in [-0.4, -0.2) is 50.2 Å². The lowest BCUT2D eigenvalue weighted by Gasteiger charge is -2.25. The largest absolute Gasteiger partial charge is 0.337 e. The SMILES string of the molecule is Bc1ccc(C(=O)NC(C)(C)C(=O)Nc2ccc3c(c2)CCN(C)CC3)s1. The summed E-state index contributed by atoms with van der Waals surface area (Å²) in [6.45, 7) is 5.52. The van der Waals surface area contributed by atoms with Crippen LogP contribution in [0, 0.1) is 0 Å². The normalized spacial score (nSPS) is 14.9. The van der Waals surface area contributed by atoms with Crippen LogP contribution in [0.1, 0.15) is 34.6 Å². The Bertz CT molecular complexity index is 863. The lowest BCUT2D eigenvalue weighted by atomic mass is 10.0. The van der Waals surface area contributed by atoms with Gasteiger partial charge >= 0.3 is 0 Å². The Morgan fingerprint density at radius 1 is 1.11 bits per heavy atom. The molecule has 2 heterocycles. The molecule has 0 atom stereocenters. The molecule has 7 heteroatoms. The molecule has 0 radical (unpaired) electrons. The molecule has 1 aliphatic heterocycles. The highest BCUT2D eigenvalue weighted by Gasteiger charge is 2.30. The second-order valence-electron chi connectivity index (χ2n) is 7.73. The maximum absolute atomic E-state index is 12.8. The fourth-order valence-corrected chi connectivity index (χ4v) is 3.92. The monoisotopic (exact) mass is 383 g/mol. The zero-order chi connectivity index (χ0) is 19.6. The Morgan fingerprint density at radius 3 is 2.48 bits per heavy atom. The minimum atomic E-state index is -1.01. The molecule has 27 heavy (non-hydrogen) atoms. The van der Waals surface area contributed by atoms with Crippen LogP contribution in [0.25, 0.3) is 0 Å². The van der Waals surface area contributed by atoms with Gasteiger partial charge in [-0.25, -0.2) is 0 Å². The zero-order valence-electron chi connectivity index (χ0n) is 16.4. The van der Waals surface area contributed by atoms with Gasteiger partial charge in [-0.1, -0.05) is 12.1 Å². The van der Waals surface area contributed by atoms with Gasteiger partial charge in [0, 0.05) is 18.8 Å². The third-order valence-electron chi connectivity index (χ3n) is 4.95. The molecule has 5 nitrogen and oxygen atoms in total. The molecular weight excluding hydrogens is 357 g/mol. The van der Waals surface area contributed by atoms with Crippen molar-refractivity contribution in [3.63, 3.8) is 0 Å². The van der Waals surface area contributed by atoms with Crippen molar-refractivity contribution in [3.8, 4) is 0 Å². The van der Waals surface area contributed by atoms with Crippen molar-refractivity contribution in [2.24, 2.45) is 0 Å². The van der Waals surface area contributed by atoms with Crippen molar-refractivity contribution < 1.29 is 9.59 Å². The highest BCUT2D eigenvalue weighted by atomic mass is 32.1. The molecule has 1 aromatic carbocycles. The second-order valence-corrected chi connectivity index (χ2v) is 9.02. The van der Waals surface area contributed by atoms with Crippen LogP contribution in [0.4, 0.5) is 5.69 Å². The van der Waals surface area contributed by atoms with Crippen molar-refractivity contribution in [2.75, 3.05) is 25.5 Å². The van der Waals surface area contributed by atoms with E-state index in [1.165, 1.54) is 22.5 Å². The summed E-state index contributed by atoms with van der Waals surface area (Å²) >= 11 is 1.42. The van der Waals surface area contributed by atoms with Crippen molar-refractivity contribution in [3.05, 3.63) is 46.3 Å². The van der Waals surface area contributed by atoms with Crippen LogP contribution in [0.15, 0.2) is 30.3 Å². The number of benzene rings is 1. The molecule has 2 N–H and O–H groups in total. The smallest absolute Gasteiger partial charge is 0.262 e. The van der Waals surface area contributed by atoms with Gasteiger partial charge in [0.1, 0.15) is 5.54 Å². The molecule has 2 aromatic rings. The molecule has 0 saturated heterocycles. The highest BCUT2D eigenvalue weighted by Crippen LogP contribution is 2.21. The first-order chi connectivity index (χ1) is 12.7. The summed E-state index contributed by atoms with van der Waals surface area (Å²) in [4.78, 5) is 28.1. The molecule has 1 aliphatic rings. The number of nitrogens with zero attached hydrogens (tertiary/aromatic N) is 1. The van der Waals surface area contributed by atoms with Crippen LogP contribution in [0.2, 0.25) is 0 Å². The van der Waals surface area contributed by atoms with E-state index in [0.29, 0.717) is 4.88 Å². The Kier molecular flexibility index (Phi) is 5.72. The van der Waals surface area contributed by atoms with E-state index >= 15 is 0 Å². The number of likely N-dealkylation sites (N-methyl/N-ethyl adjacent to an activating group) is 1. The number of thiophene rings is 1. The third-order valence-corrected chi connectivity index (χ3v) is 5.95. The Hall–Kier alpha value is -2.12. The van der Waals surface area contributed by atoms with Crippen LogP contribution in [-0.2, 0) is 17.6 Å². The molecule has 1 aromatic heterocycles. The number of fused-ring (bicyclic) bond motifs is 1. The predicted molar refractivity (Wildman–Crippen MR) is 114 cm³/mol. The first-order valence-electron chi connectivity index (χ1n) is 9.25. The van der Waals surface area contributed by atoms with Gasteiger partial charge in [-0.3, -0.25) is 9.59 Å². The van der Waals surface area contributed by atoms with Crippen LogP contribution in [0.5, 0.6) is 0 Å². The van der Waals surface area contributed by atoms with Gasteiger partial charge in [-0.2, -0.15) is 0 Å². The highest BCUT2D eigenvalue weighted by molar-refractivity contribution is 7.21. The fourth-order valence-electron chi connectivity index (χ4n) is 3.16. The van der Waals surface area contributed by atoms with Gasteiger partial charge in [0.05, 0.1) is 4.88 Å². The standard InChI is InChI=1S/C20H26BN3O2S/c1-20(2,23-18(25)16-6-7-17(21)27-16)19(26)22-15-5-4-13-8-10-24(3)11-9-14(13)12-15/h4-7,12H,8-11,21H2,1-3H3,(H,22,26)(H,23,25). The number of carbonyl (C=O) groups is 2. The van der Waals surface area contributed by atoms with E-state index in [0.717, 1.165) is 36.4 Å². The van der Waals surface area contributed by atoms with Crippen LogP contribution < -0.4 is 15.4 Å². The fraction of sp³-hybridized carbons (Fsp3) is 0.400. The van der Waals surface area contributed by atoms with Gasteiger partial charge < -0.3 is 15.5 Å². The average molecular weight is 383 g/mol. The minimum absolute atomic E-state index is 0.224. The van der Waals surface area contributed by atoms with Gasteiger partial charge in [-0.15, -0.1) is 11.3 Å². The zero-order valence-corrected chi connectivity index (χ0v) is 17.2. The number of anilines is 1. The van der Waals surface area contributed by atoms with Gasteiger partial charge in [-0.05, 0) is 67.8 Å². The summed E-state index contributed by atoms with van der Waals surface area (Å²) in [5, 5.41) is 5.80. The van der Waals surface area contributed by atoms with Crippen LogP contribution in [0.3, 0.4) is 0 Å². The van der Waals surface area contributed by atoms with E-state index in [9.17, 15) is 9.59 Å². The number of amides is 2. The lowest BCUT2D eigenvalue weighted by molar-refractivity contribution is -0.120. The number of nitrogens with one attached hydrogen (secondary N) is 2. The van der Waals surface area contributed by atoms with E-state index in [4.69, 9.17) is 0 Å². The number of hydrogen-bond acceptors (Lipinski definition) is 4. The van der Waals surface area contributed by atoms with E-state index in [2.05, 4.69) is 34.7 Å². The Balaban J connectivity index is 1.68. The van der Waals surface area contributed by atoms with E-state index in [-0.39, 0.29) is 11.8 Å². The lowest BCUT2D eigenvalue weighted by Crippen LogP contribution is -2.52. The molecule has 0 fully saturated rings. The average Bonchev–Trinajstić information content (AvgIpc) is 2.96. The molecule has 142 valence electrons. The maximum Gasteiger partial charge on any atom is 0.262 e. The predicted octanol–water partition coefficient (Wildman–Crippen LogP) is 1.18. The van der Waals surface area contributed by atoms with Crippen molar-refractivity contribution >= 4 is 41.5 Å². The topological polar surface area (TPSA) is 61.4 Å². The molecular formula is C20H26BN3O2S. The molecule has 3 rings (SSSR count). The summed E-state index contributed by atoms with van der Waals surface area (Å²) in [6.07, 6.45) is 2.01. The first kappa shape index (κ1) is 19.6. The summed E-state index contributed by atoms with van der Waals surface area (Å²) in [7, 11) is 4.09. The number of rotatable bonds is 4. The summed E-state index contributed by atoms with van der Waals surface area (Å²) in [5.41, 5.74) is 2.39. The summed E-state index contributed by atoms with van der Waals surface area (Å²) < 4.78 is 1.07. The van der Waals surface area contributed by atoms with E-state index < -0.39 is 5.54 Å². The Labute approximate surface area is 165 Å². The molecule has 0 saturated carbocycles.